The molecule has 0 aliphatic heterocycles. The highest BCUT2D eigenvalue weighted by atomic mass is 35.5. The number of rotatable bonds is 8. The molecule has 2 heterocycles. The number of benzene rings is 1. The van der Waals surface area contributed by atoms with Crippen molar-refractivity contribution in [1.29, 1.82) is 0 Å². The Kier molecular flexibility index (Phi) is 7.12. The van der Waals surface area contributed by atoms with Gasteiger partial charge < -0.3 is 10.6 Å². The van der Waals surface area contributed by atoms with Gasteiger partial charge in [0.25, 0.3) is 5.91 Å². The molecule has 29 heavy (non-hydrogen) atoms. The van der Waals surface area contributed by atoms with Gasteiger partial charge in [-0.05, 0) is 50.1 Å². The fourth-order valence-corrected chi connectivity index (χ4v) is 3.36. The molecule has 0 spiro atoms. The summed E-state index contributed by atoms with van der Waals surface area (Å²) in [7, 11) is 0. The lowest BCUT2D eigenvalue weighted by atomic mass is 10.2. The number of nitrogens with one attached hydrogen (secondary N) is 2. The predicted molar refractivity (Wildman–Crippen MR) is 116 cm³/mol. The Bertz CT molecular complexity index is 1030. The second-order valence-corrected chi connectivity index (χ2v) is 7.53. The number of amides is 2. The summed E-state index contributed by atoms with van der Waals surface area (Å²) < 4.78 is 1.79. The summed E-state index contributed by atoms with van der Waals surface area (Å²) in [5.74, 6) is -0.215. The third-order valence-electron chi connectivity index (χ3n) is 4.49. The van der Waals surface area contributed by atoms with Gasteiger partial charge in [-0.15, -0.1) is 0 Å². The average Bonchev–Trinajstić information content (AvgIpc) is 3.03. The Hall–Kier alpha value is -2.57. The van der Waals surface area contributed by atoms with E-state index >= 15 is 0 Å². The number of pyridine rings is 1. The molecular weight excluding hydrogens is 411 g/mol. The monoisotopic (exact) mass is 432 g/mol. The third kappa shape index (κ3) is 5.49. The molecule has 2 aromatic heterocycles. The molecule has 3 rings (SSSR count). The van der Waals surface area contributed by atoms with Crippen molar-refractivity contribution < 1.29 is 9.59 Å². The number of anilines is 1. The van der Waals surface area contributed by atoms with E-state index in [1.165, 1.54) is 0 Å². The number of carbonyl (C=O) groups is 2. The molecule has 8 heteroatoms. The Morgan fingerprint density at radius 1 is 1.07 bits per heavy atom. The molecule has 0 bridgehead atoms. The van der Waals surface area contributed by atoms with Crippen LogP contribution in [0.15, 0.2) is 42.6 Å². The van der Waals surface area contributed by atoms with E-state index in [1.807, 2.05) is 31.3 Å². The number of nitrogens with zero attached hydrogens (tertiary/aromatic N) is 2. The van der Waals surface area contributed by atoms with Crippen molar-refractivity contribution in [2.75, 3.05) is 11.9 Å². The molecule has 0 unspecified atom stereocenters. The molecule has 3 aromatic rings. The van der Waals surface area contributed by atoms with Crippen molar-refractivity contribution in [3.05, 3.63) is 64.0 Å². The number of hydrogen-bond acceptors (Lipinski definition) is 3. The molecule has 0 aliphatic carbocycles. The number of imidazole rings is 1. The second kappa shape index (κ2) is 9.76. The standard InChI is InChI=1S/C21H22Cl2N4O2/c1-14-20(27-12-6-4-7-18(27)25-14)21(29)24-11-5-2-3-8-19(28)26-15-9-10-16(22)17(23)13-15/h4,6-7,9-10,12-13H,2-3,5,8,11H2,1H3,(H,24,29)(H,26,28). The largest absolute Gasteiger partial charge is 0.351 e. The van der Waals surface area contributed by atoms with Crippen LogP contribution in [0.4, 0.5) is 5.69 Å². The molecule has 0 radical (unpaired) electrons. The maximum Gasteiger partial charge on any atom is 0.270 e. The lowest BCUT2D eigenvalue weighted by Crippen LogP contribution is -2.26. The van der Waals surface area contributed by atoms with Crippen LogP contribution in [0, 0.1) is 6.92 Å². The van der Waals surface area contributed by atoms with E-state index in [0.717, 1.165) is 24.9 Å². The fraction of sp³-hybridized carbons (Fsp3) is 0.286. The van der Waals surface area contributed by atoms with Crippen molar-refractivity contribution >= 4 is 46.4 Å². The smallest absolute Gasteiger partial charge is 0.270 e. The van der Waals surface area contributed by atoms with Gasteiger partial charge in [0.05, 0.1) is 15.7 Å². The zero-order chi connectivity index (χ0) is 20.8. The van der Waals surface area contributed by atoms with Crippen molar-refractivity contribution in [2.45, 2.75) is 32.6 Å². The Labute approximate surface area is 179 Å². The normalized spacial score (nSPS) is 10.9. The molecule has 1 aromatic carbocycles. The van der Waals surface area contributed by atoms with Crippen LogP contribution in [0.1, 0.15) is 41.9 Å². The van der Waals surface area contributed by atoms with Gasteiger partial charge in [0.2, 0.25) is 5.91 Å². The number of halogens is 2. The molecule has 0 fully saturated rings. The Morgan fingerprint density at radius 2 is 1.90 bits per heavy atom. The molecule has 2 N–H and O–H groups in total. The maximum absolute atomic E-state index is 12.5. The Morgan fingerprint density at radius 3 is 2.69 bits per heavy atom. The minimum absolute atomic E-state index is 0.0752. The molecule has 6 nitrogen and oxygen atoms in total. The van der Waals surface area contributed by atoms with Crippen molar-refractivity contribution in [2.24, 2.45) is 0 Å². The predicted octanol–water partition coefficient (Wildman–Crippen LogP) is 4.88. The van der Waals surface area contributed by atoms with Crippen LogP contribution in [-0.4, -0.2) is 27.7 Å². The van der Waals surface area contributed by atoms with Gasteiger partial charge in [-0.25, -0.2) is 4.98 Å². The van der Waals surface area contributed by atoms with Gasteiger partial charge in [-0.2, -0.15) is 0 Å². The molecule has 0 aliphatic rings. The van der Waals surface area contributed by atoms with Crippen LogP contribution in [0.2, 0.25) is 10.0 Å². The van der Waals surface area contributed by atoms with Crippen molar-refractivity contribution in [3.8, 4) is 0 Å². The number of unbranched alkanes of at least 4 members (excludes halogenated alkanes) is 2. The molecule has 152 valence electrons. The molecule has 0 saturated heterocycles. The van der Waals surface area contributed by atoms with E-state index in [4.69, 9.17) is 23.2 Å². The van der Waals surface area contributed by atoms with Gasteiger partial charge in [-0.1, -0.05) is 35.7 Å². The molecule has 0 atom stereocenters. The highest BCUT2D eigenvalue weighted by Gasteiger charge is 2.15. The first-order chi connectivity index (χ1) is 14.0. The van der Waals surface area contributed by atoms with Gasteiger partial charge in [-0.3, -0.25) is 14.0 Å². The van der Waals surface area contributed by atoms with Gasteiger partial charge >= 0.3 is 0 Å². The first kappa shape index (κ1) is 21.1. The average molecular weight is 433 g/mol. The highest BCUT2D eigenvalue weighted by molar-refractivity contribution is 6.42. The molecule has 0 saturated carbocycles. The number of fused-ring (bicyclic) bond motifs is 1. The Balaban J connectivity index is 1.37. The quantitative estimate of drug-likeness (QED) is 0.498. The lowest BCUT2D eigenvalue weighted by molar-refractivity contribution is -0.116. The number of carbonyl (C=O) groups excluding carboxylic acids is 2. The van der Waals surface area contributed by atoms with Crippen LogP contribution >= 0.6 is 23.2 Å². The van der Waals surface area contributed by atoms with E-state index in [-0.39, 0.29) is 11.8 Å². The molecular formula is C21H22Cl2N4O2. The highest BCUT2D eigenvalue weighted by Crippen LogP contribution is 2.25. The van der Waals surface area contributed by atoms with Crippen molar-refractivity contribution in [1.82, 2.24) is 14.7 Å². The summed E-state index contributed by atoms with van der Waals surface area (Å²) in [6, 6.07) is 10.6. The number of hydrogen-bond donors (Lipinski definition) is 2. The van der Waals surface area contributed by atoms with Crippen LogP contribution in [-0.2, 0) is 4.79 Å². The minimum Gasteiger partial charge on any atom is -0.351 e. The summed E-state index contributed by atoms with van der Waals surface area (Å²) in [5.41, 5.74) is 2.64. The van der Waals surface area contributed by atoms with Crippen LogP contribution in [0.3, 0.4) is 0 Å². The van der Waals surface area contributed by atoms with Crippen LogP contribution in [0.25, 0.3) is 5.65 Å². The van der Waals surface area contributed by atoms with E-state index in [9.17, 15) is 9.59 Å². The molecule has 2 amide bonds. The second-order valence-electron chi connectivity index (χ2n) is 6.72. The van der Waals surface area contributed by atoms with Gasteiger partial charge in [0.15, 0.2) is 0 Å². The summed E-state index contributed by atoms with van der Waals surface area (Å²) in [6.07, 6.45) is 4.59. The van der Waals surface area contributed by atoms with E-state index < -0.39 is 0 Å². The fourth-order valence-electron chi connectivity index (χ4n) is 3.06. The van der Waals surface area contributed by atoms with E-state index in [2.05, 4.69) is 15.6 Å². The number of aryl methyl sites for hydroxylation is 1. The van der Waals surface area contributed by atoms with Crippen molar-refractivity contribution in [3.63, 3.8) is 0 Å². The summed E-state index contributed by atoms with van der Waals surface area (Å²) in [5, 5.41) is 6.58. The van der Waals surface area contributed by atoms with Gasteiger partial charge in [0.1, 0.15) is 11.3 Å². The van der Waals surface area contributed by atoms with Crippen LogP contribution in [0.5, 0.6) is 0 Å². The topological polar surface area (TPSA) is 75.5 Å². The zero-order valence-corrected chi connectivity index (χ0v) is 17.6. The first-order valence-corrected chi connectivity index (χ1v) is 10.2. The maximum atomic E-state index is 12.5. The van der Waals surface area contributed by atoms with Crippen LogP contribution < -0.4 is 10.6 Å². The summed E-state index contributed by atoms with van der Waals surface area (Å²) in [4.78, 5) is 28.9. The van der Waals surface area contributed by atoms with E-state index in [0.29, 0.717) is 40.1 Å². The van der Waals surface area contributed by atoms with Gasteiger partial charge in [0, 0.05) is 24.8 Å². The lowest BCUT2D eigenvalue weighted by Gasteiger charge is -2.07. The first-order valence-electron chi connectivity index (χ1n) is 9.42. The SMILES string of the molecule is Cc1nc2ccccn2c1C(=O)NCCCCCC(=O)Nc1ccc(Cl)c(Cl)c1. The zero-order valence-electron chi connectivity index (χ0n) is 16.0. The number of aromatic nitrogens is 2. The summed E-state index contributed by atoms with van der Waals surface area (Å²) in [6.45, 7) is 2.38. The third-order valence-corrected chi connectivity index (χ3v) is 5.23. The van der Waals surface area contributed by atoms with E-state index in [1.54, 1.807) is 22.6 Å². The minimum atomic E-state index is -0.140. The summed E-state index contributed by atoms with van der Waals surface area (Å²) >= 11 is 11.8.